The average Bonchev–Trinajstić information content (AvgIpc) is 2.48. The van der Waals surface area contributed by atoms with Gasteiger partial charge >= 0.3 is 0 Å². The monoisotopic (exact) mass is 161 g/mol. The third-order valence-electron chi connectivity index (χ3n) is 2.79. The zero-order chi connectivity index (χ0) is 8.55. The molecule has 0 aliphatic heterocycles. The highest BCUT2D eigenvalue weighted by atomic mass is 14.6. The lowest BCUT2D eigenvalue weighted by molar-refractivity contribution is 0.713. The van der Waals surface area contributed by atoms with Crippen LogP contribution in [-0.2, 0) is 12.8 Å². The number of hydrogen-bond acceptors (Lipinski definition) is 1. The summed E-state index contributed by atoms with van der Waals surface area (Å²) in [6, 6.07) is 6.82. The van der Waals surface area contributed by atoms with Gasteiger partial charge in [0.1, 0.15) is 0 Å². The van der Waals surface area contributed by atoms with Crippen LogP contribution in [0.15, 0.2) is 18.2 Å². The summed E-state index contributed by atoms with van der Waals surface area (Å²) in [5, 5.41) is 0. The fourth-order valence-electron chi connectivity index (χ4n) is 2.09. The van der Waals surface area contributed by atoms with Crippen LogP contribution in [0.4, 0.5) is 0 Å². The predicted octanol–water partition coefficient (Wildman–Crippen LogP) is 2.19. The van der Waals surface area contributed by atoms with Crippen LogP contribution >= 0.6 is 0 Å². The van der Waals surface area contributed by atoms with Crippen LogP contribution in [0.25, 0.3) is 0 Å². The lowest BCUT2D eigenvalue weighted by atomic mass is 10.0. The van der Waals surface area contributed by atoms with Gasteiger partial charge in [0.25, 0.3) is 0 Å². The van der Waals surface area contributed by atoms with Crippen molar-refractivity contribution in [2.45, 2.75) is 32.2 Å². The zero-order valence-corrected chi connectivity index (χ0v) is 7.51. The zero-order valence-electron chi connectivity index (χ0n) is 7.51. The quantitative estimate of drug-likeness (QED) is 0.671. The molecule has 64 valence electrons. The maximum Gasteiger partial charge on any atom is 0.0300 e. The van der Waals surface area contributed by atoms with Crippen molar-refractivity contribution in [2.24, 2.45) is 5.73 Å². The molecule has 0 amide bonds. The van der Waals surface area contributed by atoms with Crippen molar-refractivity contribution < 1.29 is 0 Å². The molecular formula is C11H15N. The van der Waals surface area contributed by atoms with Gasteiger partial charge in [-0.2, -0.15) is 0 Å². The highest BCUT2D eigenvalue weighted by Gasteiger charge is 2.19. The first-order valence-corrected chi connectivity index (χ1v) is 4.69. The molecule has 0 spiro atoms. The Hall–Kier alpha value is -0.820. The first kappa shape index (κ1) is 7.81. The van der Waals surface area contributed by atoms with E-state index in [1.165, 1.54) is 23.1 Å². The van der Waals surface area contributed by atoms with Crippen molar-refractivity contribution in [3.05, 3.63) is 34.9 Å². The second kappa shape index (κ2) is 2.91. The maximum absolute atomic E-state index is 5.97. The molecule has 0 radical (unpaired) electrons. The van der Waals surface area contributed by atoms with E-state index in [1.54, 1.807) is 0 Å². The van der Waals surface area contributed by atoms with E-state index in [1.807, 2.05) is 0 Å². The molecule has 2 rings (SSSR count). The summed E-state index contributed by atoms with van der Waals surface area (Å²) in [6.07, 6.45) is 3.45. The van der Waals surface area contributed by atoms with Crippen molar-refractivity contribution >= 4 is 0 Å². The van der Waals surface area contributed by atoms with E-state index in [9.17, 15) is 0 Å². The van der Waals surface area contributed by atoms with Crippen LogP contribution in [0.5, 0.6) is 0 Å². The third-order valence-corrected chi connectivity index (χ3v) is 2.79. The molecule has 0 unspecified atom stereocenters. The van der Waals surface area contributed by atoms with Crippen molar-refractivity contribution in [1.29, 1.82) is 0 Å². The largest absolute Gasteiger partial charge is 0.324 e. The van der Waals surface area contributed by atoms with Crippen molar-refractivity contribution in [1.82, 2.24) is 0 Å². The van der Waals surface area contributed by atoms with Crippen molar-refractivity contribution in [2.75, 3.05) is 0 Å². The van der Waals surface area contributed by atoms with Gasteiger partial charge in [0.2, 0.25) is 0 Å². The molecule has 1 aliphatic rings. The summed E-state index contributed by atoms with van der Waals surface area (Å²) in [5.41, 5.74) is 10.4. The van der Waals surface area contributed by atoms with Crippen LogP contribution in [0.3, 0.4) is 0 Å². The number of rotatable bonds is 1. The van der Waals surface area contributed by atoms with Crippen LogP contribution in [0.2, 0.25) is 0 Å². The van der Waals surface area contributed by atoms with E-state index in [0.717, 1.165) is 12.8 Å². The second-order valence-corrected chi connectivity index (χ2v) is 3.48. The number of hydrogen-bond donors (Lipinski definition) is 1. The van der Waals surface area contributed by atoms with Crippen LogP contribution in [-0.4, -0.2) is 0 Å². The summed E-state index contributed by atoms with van der Waals surface area (Å²) in [5.74, 6) is 0. The molecule has 1 nitrogen and oxygen atoms in total. The highest BCUT2D eigenvalue weighted by Crippen LogP contribution is 2.31. The van der Waals surface area contributed by atoms with E-state index < -0.39 is 0 Å². The van der Waals surface area contributed by atoms with E-state index in [4.69, 9.17) is 5.73 Å². The van der Waals surface area contributed by atoms with E-state index in [0.29, 0.717) is 6.04 Å². The SMILES string of the molecule is CCc1cccc2c1CC[C@@H]2N. The van der Waals surface area contributed by atoms with Gasteiger partial charge in [-0.1, -0.05) is 25.1 Å². The Labute approximate surface area is 73.6 Å². The Bertz CT molecular complexity index is 291. The molecule has 1 aliphatic carbocycles. The minimum atomic E-state index is 0.298. The summed E-state index contributed by atoms with van der Waals surface area (Å²) in [6.45, 7) is 2.21. The first-order chi connectivity index (χ1) is 5.83. The van der Waals surface area contributed by atoms with Crippen LogP contribution in [0.1, 0.15) is 36.1 Å². The molecule has 0 heterocycles. The Morgan fingerprint density at radius 1 is 1.50 bits per heavy atom. The minimum Gasteiger partial charge on any atom is -0.324 e. The third kappa shape index (κ3) is 1.05. The molecule has 0 saturated heterocycles. The molecule has 0 aromatic heterocycles. The highest BCUT2D eigenvalue weighted by molar-refractivity contribution is 5.40. The fourth-order valence-corrected chi connectivity index (χ4v) is 2.09. The number of benzene rings is 1. The molecule has 1 heteroatoms. The van der Waals surface area contributed by atoms with Gasteiger partial charge in [0, 0.05) is 6.04 Å². The van der Waals surface area contributed by atoms with E-state index >= 15 is 0 Å². The Balaban J connectivity index is 2.50. The van der Waals surface area contributed by atoms with Gasteiger partial charge in [-0.25, -0.2) is 0 Å². The van der Waals surface area contributed by atoms with Gasteiger partial charge in [-0.3, -0.25) is 0 Å². The molecule has 0 fully saturated rings. The molecular weight excluding hydrogens is 146 g/mol. The lowest BCUT2D eigenvalue weighted by Gasteiger charge is -2.07. The van der Waals surface area contributed by atoms with Gasteiger partial charge < -0.3 is 5.73 Å². The molecule has 1 atom stereocenters. The summed E-state index contributed by atoms with van der Waals surface area (Å²) >= 11 is 0. The second-order valence-electron chi connectivity index (χ2n) is 3.48. The molecule has 0 bridgehead atoms. The number of fused-ring (bicyclic) bond motifs is 1. The fraction of sp³-hybridized carbons (Fsp3) is 0.455. The summed E-state index contributed by atoms with van der Waals surface area (Å²) in [7, 11) is 0. The Morgan fingerprint density at radius 2 is 2.33 bits per heavy atom. The number of nitrogens with two attached hydrogens (primary N) is 1. The van der Waals surface area contributed by atoms with Gasteiger partial charge in [-0.05, 0) is 36.0 Å². The topological polar surface area (TPSA) is 26.0 Å². The maximum atomic E-state index is 5.97. The van der Waals surface area contributed by atoms with Crippen molar-refractivity contribution in [3.63, 3.8) is 0 Å². The normalized spacial score (nSPS) is 21.0. The standard InChI is InChI=1S/C11H15N/c1-2-8-4-3-5-10-9(8)6-7-11(10)12/h3-5,11H,2,6-7,12H2,1H3/t11-/m0/s1. The Morgan fingerprint density at radius 3 is 3.08 bits per heavy atom. The molecule has 2 N–H and O–H groups in total. The Kier molecular flexibility index (Phi) is 1.89. The van der Waals surface area contributed by atoms with E-state index in [2.05, 4.69) is 25.1 Å². The van der Waals surface area contributed by atoms with E-state index in [-0.39, 0.29) is 0 Å². The lowest BCUT2D eigenvalue weighted by Crippen LogP contribution is -2.05. The minimum absolute atomic E-state index is 0.298. The molecule has 0 saturated carbocycles. The van der Waals surface area contributed by atoms with Crippen molar-refractivity contribution in [3.8, 4) is 0 Å². The summed E-state index contributed by atoms with van der Waals surface area (Å²) in [4.78, 5) is 0. The molecule has 1 aromatic rings. The van der Waals surface area contributed by atoms with Gasteiger partial charge in [-0.15, -0.1) is 0 Å². The molecule has 12 heavy (non-hydrogen) atoms. The predicted molar refractivity (Wildman–Crippen MR) is 51.1 cm³/mol. The first-order valence-electron chi connectivity index (χ1n) is 4.69. The van der Waals surface area contributed by atoms with Gasteiger partial charge in [0.15, 0.2) is 0 Å². The summed E-state index contributed by atoms with van der Waals surface area (Å²) < 4.78 is 0. The van der Waals surface area contributed by atoms with Gasteiger partial charge in [0.05, 0.1) is 0 Å². The van der Waals surface area contributed by atoms with Crippen LogP contribution < -0.4 is 5.73 Å². The smallest absolute Gasteiger partial charge is 0.0300 e. The average molecular weight is 161 g/mol. The number of aryl methyl sites for hydroxylation is 1. The van der Waals surface area contributed by atoms with Crippen LogP contribution in [0, 0.1) is 0 Å². The molecule has 1 aromatic carbocycles.